The van der Waals surface area contributed by atoms with Crippen LogP contribution in [-0.4, -0.2) is 57.0 Å². The molecule has 0 amide bonds. The Balaban J connectivity index is 1.22. The fourth-order valence-electron chi connectivity index (χ4n) is 4.17. The van der Waals surface area contributed by atoms with Crippen LogP contribution in [0.25, 0.3) is 17.2 Å². The van der Waals surface area contributed by atoms with Crippen LogP contribution in [-0.2, 0) is 13.0 Å². The number of hydrogen-bond acceptors (Lipinski definition) is 7. The van der Waals surface area contributed by atoms with Crippen molar-refractivity contribution in [1.29, 1.82) is 0 Å². The number of aromatic nitrogens is 4. The summed E-state index contributed by atoms with van der Waals surface area (Å²) in [5.74, 6) is 0.687. The summed E-state index contributed by atoms with van der Waals surface area (Å²) >= 11 is 6.10. The maximum atomic E-state index is 12.4. The van der Waals surface area contributed by atoms with E-state index in [0.29, 0.717) is 42.9 Å². The van der Waals surface area contributed by atoms with E-state index in [9.17, 15) is 13.2 Å². The Kier molecular flexibility index (Phi) is 6.28. The molecule has 1 saturated heterocycles. The standard InChI is InChI=1S/C23H22ClF3N6O2/c1-2-18-21(33-8-7-15(24)13-19(33)28-18)22-30-29-20(34-22)14-31-9-11-32(12-10-31)16-3-5-17(6-4-16)35-23(25,26)27/h3-8,13H,2,9-12,14H2,1H3. The fourth-order valence-corrected chi connectivity index (χ4v) is 4.32. The first-order valence-electron chi connectivity index (χ1n) is 11.1. The number of ether oxygens (including phenoxy) is 1. The average molecular weight is 507 g/mol. The van der Waals surface area contributed by atoms with Crippen LogP contribution >= 0.6 is 11.6 Å². The highest BCUT2D eigenvalue weighted by atomic mass is 35.5. The number of halogens is 4. The number of alkyl halides is 3. The molecular weight excluding hydrogens is 485 g/mol. The van der Waals surface area contributed by atoms with Crippen LogP contribution < -0.4 is 9.64 Å². The molecule has 3 aromatic heterocycles. The van der Waals surface area contributed by atoms with Crippen LogP contribution in [0.4, 0.5) is 18.9 Å². The Morgan fingerprint density at radius 1 is 1.06 bits per heavy atom. The summed E-state index contributed by atoms with van der Waals surface area (Å²) in [7, 11) is 0. The van der Waals surface area contributed by atoms with Gasteiger partial charge in [-0.2, -0.15) is 0 Å². The number of aryl methyl sites for hydroxylation is 1. The Morgan fingerprint density at radius 2 is 1.80 bits per heavy atom. The Bertz CT molecular complexity index is 1310. The van der Waals surface area contributed by atoms with Crippen molar-refractivity contribution >= 4 is 22.9 Å². The molecule has 1 aliphatic rings. The molecule has 1 aromatic carbocycles. The molecule has 8 nitrogen and oxygen atoms in total. The van der Waals surface area contributed by atoms with Gasteiger partial charge < -0.3 is 14.1 Å². The van der Waals surface area contributed by atoms with Gasteiger partial charge in [0.2, 0.25) is 5.89 Å². The van der Waals surface area contributed by atoms with Gasteiger partial charge in [0.05, 0.1) is 12.2 Å². The van der Waals surface area contributed by atoms with Crippen molar-refractivity contribution in [3.63, 3.8) is 0 Å². The van der Waals surface area contributed by atoms with E-state index in [0.717, 1.165) is 35.8 Å². The van der Waals surface area contributed by atoms with Gasteiger partial charge in [-0.25, -0.2) is 4.98 Å². The van der Waals surface area contributed by atoms with Crippen LogP contribution in [0, 0.1) is 0 Å². The van der Waals surface area contributed by atoms with Crippen molar-refractivity contribution in [2.45, 2.75) is 26.3 Å². The Morgan fingerprint density at radius 3 is 2.49 bits per heavy atom. The lowest BCUT2D eigenvalue weighted by Crippen LogP contribution is -2.46. The SMILES string of the molecule is CCc1nc2cc(Cl)ccn2c1-c1nnc(CN2CCN(c3ccc(OC(F)(F)F)cc3)CC2)o1. The number of anilines is 1. The summed E-state index contributed by atoms with van der Waals surface area (Å²) < 4.78 is 48.9. The van der Waals surface area contributed by atoms with Crippen LogP contribution in [0.5, 0.6) is 5.75 Å². The lowest BCUT2D eigenvalue weighted by atomic mass is 10.2. The number of imidazole rings is 1. The minimum Gasteiger partial charge on any atom is -0.418 e. The summed E-state index contributed by atoms with van der Waals surface area (Å²) in [5.41, 5.74) is 3.18. The highest BCUT2D eigenvalue weighted by Crippen LogP contribution is 2.28. The average Bonchev–Trinajstić information content (AvgIpc) is 3.42. The van der Waals surface area contributed by atoms with Crippen molar-refractivity contribution in [2.24, 2.45) is 0 Å². The molecule has 0 unspecified atom stereocenters. The van der Waals surface area contributed by atoms with Crippen molar-refractivity contribution < 1.29 is 22.3 Å². The minimum absolute atomic E-state index is 0.229. The molecule has 184 valence electrons. The molecule has 1 fully saturated rings. The van der Waals surface area contributed by atoms with Crippen LogP contribution in [0.3, 0.4) is 0 Å². The highest BCUT2D eigenvalue weighted by Gasteiger charge is 2.31. The zero-order chi connectivity index (χ0) is 24.6. The van der Waals surface area contributed by atoms with Gasteiger partial charge >= 0.3 is 6.36 Å². The van der Waals surface area contributed by atoms with Gasteiger partial charge in [0.15, 0.2) is 0 Å². The molecule has 4 heterocycles. The molecule has 0 spiro atoms. The minimum atomic E-state index is -4.70. The maximum absolute atomic E-state index is 12.4. The van der Waals surface area contributed by atoms with Gasteiger partial charge in [-0.3, -0.25) is 9.30 Å². The summed E-state index contributed by atoms with van der Waals surface area (Å²) in [6, 6.07) is 9.50. The Hall–Kier alpha value is -3.31. The molecule has 0 N–H and O–H groups in total. The third kappa shape index (κ3) is 5.20. The van der Waals surface area contributed by atoms with Gasteiger partial charge in [-0.05, 0) is 36.8 Å². The third-order valence-corrected chi connectivity index (χ3v) is 6.07. The smallest absolute Gasteiger partial charge is 0.418 e. The zero-order valence-corrected chi connectivity index (χ0v) is 19.6. The number of rotatable bonds is 6. The number of hydrogen-bond donors (Lipinski definition) is 0. The van der Waals surface area contributed by atoms with Crippen molar-refractivity contribution in [2.75, 3.05) is 31.1 Å². The molecule has 0 aliphatic carbocycles. The predicted octanol–water partition coefficient (Wildman–Crippen LogP) is 4.82. The first kappa shape index (κ1) is 23.4. The van der Waals surface area contributed by atoms with Crippen molar-refractivity contribution in [3.05, 3.63) is 59.2 Å². The number of fused-ring (bicyclic) bond motifs is 1. The van der Waals surface area contributed by atoms with E-state index < -0.39 is 6.36 Å². The summed E-state index contributed by atoms with van der Waals surface area (Å²) in [6.45, 7) is 5.44. The summed E-state index contributed by atoms with van der Waals surface area (Å²) in [4.78, 5) is 8.94. The molecule has 1 aliphatic heterocycles. The van der Waals surface area contributed by atoms with Gasteiger partial charge in [0, 0.05) is 49.2 Å². The number of benzene rings is 1. The van der Waals surface area contributed by atoms with E-state index in [2.05, 4.69) is 29.7 Å². The molecule has 5 rings (SSSR count). The molecule has 4 aromatic rings. The first-order valence-corrected chi connectivity index (χ1v) is 11.5. The van der Waals surface area contributed by atoms with Crippen LogP contribution in [0.2, 0.25) is 5.02 Å². The molecule has 35 heavy (non-hydrogen) atoms. The van der Waals surface area contributed by atoms with E-state index in [4.69, 9.17) is 16.0 Å². The molecular formula is C23H22ClF3N6O2. The lowest BCUT2D eigenvalue weighted by molar-refractivity contribution is -0.274. The lowest BCUT2D eigenvalue weighted by Gasteiger charge is -2.35. The van der Waals surface area contributed by atoms with Gasteiger partial charge in [-0.1, -0.05) is 18.5 Å². The molecule has 0 saturated carbocycles. The quantitative estimate of drug-likeness (QED) is 0.371. The monoisotopic (exact) mass is 506 g/mol. The van der Waals surface area contributed by atoms with Gasteiger partial charge in [-0.15, -0.1) is 23.4 Å². The molecule has 12 heteroatoms. The number of piperazine rings is 1. The first-order chi connectivity index (χ1) is 16.8. The predicted molar refractivity (Wildman–Crippen MR) is 123 cm³/mol. The van der Waals surface area contributed by atoms with Crippen LogP contribution in [0.1, 0.15) is 18.5 Å². The second kappa shape index (κ2) is 9.38. The van der Waals surface area contributed by atoms with E-state index in [1.165, 1.54) is 12.1 Å². The number of pyridine rings is 1. The van der Waals surface area contributed by atoms with Gasteiger partial charge in [0.25, 0.3) is 5.89 Å². The molecule has 0 bridgehead atoms. The van der Waals surface area contributed by atoms with Gasteiger partial charge in [0.1, 0.15) is 17.1 Å². The van der Waals surface area contributed by atoms with E-state index in [1.807, 2.05) is 17.5 Å². The summed E-state index contributed by atoms with van der Waals surface area (Å²) in [5, 5.41) is 9.10. The largest absolute Gasteiger partial charge is 0.573 e. The maximum Gasteiger partial charge on any atom is 0.573 e. The Labute approximate surface area is 203 Å². The second-order valence-electron chi connectivity index (χ2n) is 8.14. The van der Waals surface area contributed by atoms with E-state index in [1.54, 1.807) is 24.3 Å². The van der Waals surface area contributed by atoms with E-state index >= 15 is 0 Å². The topological polar surface area (TPSA) is 71.9 Å². The second-order valence-corrected chi connectivity index (χ2v) is 8.58. The number of nitrogens with zero attached hydrogens (tertiary/aromatic N) is 6. The highest BCUT2D eigenvalue weighted by molar-refractivity contribution is 6.30. The van der Waals surface area contributed by atoms with E-state index in [-0.39, 0.29) is 5.75 Å². The molecule has 0 radical (unpaired) electrons. The van der Waals surface area contributed by atoms with Crippen LogP contribution in [0.15, 0.2) is 47.0 Å². The zero-order valence-electron chi connectivity index (χ0n) is 18.8. The van der Waals surface area contributed by atoms with Crippen molar-refractivity contribution in [1.82, 2.24) is 24.5 Å². The normalized spacial score (nSPS) is 15.2. The fraction of sp³-hybridized carbons (Fsp3) is 0.348. The summed E-state index contributed by atoms with van der Waals surface area (Å²) in [6.07, 6.45) is -2.15. The van der Waals surface area contributed by atoms with Crippen molar-refractivity contribution in [3.8, 4) is 17.3 Å². The molecule has 0 atom stereocenters. The third-order valence-electron chi connectivity index (χ3n) is 5.83.